The summed E-state index contributed by atoms with van der Waals surface area (Å²) in [7, 11) is 0. The molecular formula is C20H21ClN2O5. The number of hydrogen-bond acceptors (Lipinski definition) is 6. The van der Waals surface area contributed by atoms with Gasteiger partial charge in [0.25, 0.3) is 0 Å². The number of nitrogens with zero attached hydrogens (tertiary/aromatic N) is 2. The van der Waals surface area contributed by atoms with E-state index < -0.39 is 5.97 Å². The highest BCUT2D eigenvalue weighted by atomic mass is 35.5. The number of ether oxygens (including phenoxy) is 3. The predicted molar refractivity (Wildman–Crippen MR) is 104 cm³/mol. The molecule has 0 spiro atoms. The minimum absolute atomic E-state index is 0.101. The molecular weight excluding hydrogens is 384 g/mol. The van der Waals surface area contributed by atoms with Crippen molar-refractivity contribution >= 4 is 29.1 Å². The van der Waals surface area contributed by atoms with Crippen molar-refractivity contribution in [2.75, 3.05) is 24.7 Å². The lowest BCUT2D eigenvalue weighted by atomic mass is 10.1. The lowest BCUT2D eigenvalue weighted by molar-refractivity contribution is -0.165. The van der Waals surface area contributed by atoms with Gasteiger partial charge in [0.15, 0.2) is 17.9 Å². The van der Waals surface area contributed by atoms with Crippen LogP contribution < -0.4 is 9.64 Å². The molecule has 1 aromatic carbocycles. The number of fused-ring (bicyclic) bond motifs is 1. The maximum atomic E-state index is 11.6. The molecule has 1 saturated heterocycles. The highest BCUT2D eigenvalue weighted by molar-refractivity contribution is 6.33. The molecule has 0 radical (unpaired) electrons. The Labute approximate surface area is 167 Å². The van der Waals surface area contributed by atoms with Gasteiger partial charge in [-0.05, 0) is 43.5 Å². The molecule has 0 saturated carbocycles. The first-order chi connectivity index (χ1) is 13.6. The fourth-order valence-electron chi connectivity index (χ4n) is 3.51. The number of hydrogen-bond donors (Lipinski definition) is 1. The number of carboxylic acid groups (broad SMARTS) is 1. The molecule has 3 heterocycles. The van der Waals surface area contributed by atoms with Crippen molar-refractivity contribution in [1.82, 2.24) is 4.98 Å². The highest BCUT2D eigenvalue weighted by Gasteiger charge is 2.34. The van der Waals surface area contributed by atoms with Gasteiger partial charge in [0.1, 0.15) is 12.2 Å². The second-order valence-corrected chi connectivity index (χ2v) is 7.14. The number of carboxylic acids is 1. The third-order valence-corrected chi connectivity index (χ3v) is 5.14. The summed E-state index contributed by atoms with van der Waals surface area (Å²) in [5, 5.41) is 9.98. The van der Waals surface area contributed by atoms with E-state index in [1.807, 2.05) is 4.90 Å². The summed E-state index contributed by atoms with van der Waals surface area (Å²) in [4.78, 5) is 17.9. The number of benzene rings is 1. The first-order valence-electron chi connectivity index (χ1n) is 9.27. The van der Waals surface area contributed by atoms with Crippen LogP contribution in [-0.2, 0) is 9.47 Å². The summed E-state index contributed by atoms with van der Waals surface area (Å²) in [6.45, 7) is 1.29. The molecule has 4 rings (SSSR count). The average molecular weight is 405 g/mol. The zero-order chi connectivity index (χ0) is 19.5. The molecule has 7 nitrogen and oxygen atoms in total. The van der Waals surface area contributed by atoms with Crippen molar-refractivity contribution in [3.8, 4) is 5.75 Å². The van der Waals surface area contributed by atoms with Gasteiger partial charge >= 0.3 is 5.97 Å². The minimum atomic E-state index is -1.05. The van der Waals surface area contributed by atoms with Crippen LogP contribution in [0.3, 0.4) is 0 Å². The van der Waals surface area contributed by atoms with Gasteiger partial charge in [-0.2, -0.15) is 0 Å². The van der Waals surface area contributed by atoms with Crippen molar-refractivity contribution in [3.05, 3.63) is 47.1 Å². The topological polar surface area (TPSA) is 81.1 Å². The van der Waals surface area contributed by atoms with E-state index in [1.165, 1.54) is 6.07 Å². The van der Waals surface area contributed by atoms with E-state index >= 15 is 0 Å². The molecule has 1 N–H and O–H groups in total. The molecule has 0 aliphatic carbocycles. The summed E-state index contributed by atoms with van der Waals surface area (Å²) in [5.74, 6) is -0.203. The van der Waals surface area contributed by atoms with Gasteiger partial charge in [0.05, 0.1) is 23.4 Å². The molecule has 1 aromatic heterocycles. The number of carbonyl (C=O) groups is 1. The third-order valence-electron chi connectivity index (χ3n) is 4.85. The molecule has 1 unspecified atom stereocenters. The standard InChI is InChI=1S/C20H21ClN2O5/c21-15-6-4-9-22-19(15)23-13(11-27-17-8-1-2-10-26-17)12-28-18-14(20(24)25)5-3-7-16(18)23/h3-7,9,13,17H,1-2,8,10-12H2,(H,24,25)/t13-,17?/m1/s1. The number of halogens is 1. The van der Waals surface area contributed by atoms with Crippen molar-refractivity contribution in [3.63, 3.8) is 0 Å². The SMILES string of the molecule is O=C(O)c1cccc2c1OC[C@@H](COC1CCCCO1)N2c1ncccc1Cl. The van der Waals surface area contributed by atoms with Crippen LogP contribution in [0.5, 0.6) is 5.75 Å². The average Bonchev–Trinajstić information content (AvgIpc) is 2.72. The van der Waals surface area contributed by atoms with Gasteiger partial charge in [-0.1, -0.05) is 17.7 Å². The minimum Gasteiger partial charge on any atom is -0.488 e. The first-order valence-corrected chi connectivity index (χ1v) is 9.65. The molecule has 2 aliphatic heterocycles. The lowest BCUT2D eigenvalue weighted by Gasteiger charge is -2.39. The van der Waals surface area contributed by atoms with Crippen LogP contribution in [0.1, 0.15) is 29.6 Å². The highest BCUT2D eigenvalue weighted by Crippen LogP contribution is 2.42. The zero-order valence-corrected chi connectivity index (χ0v) is 16.0. The van der Waals surface area contributed by atoms with Gasteiger partial charge in [-0.3, -0.25) is 0 Å². The van der Waals surface area contributed by atoms with Crippen LogP contribution in [0.15, 0.2) is 36.5 Å². The maximum Gasteiger partial charge on any atom is 0.339 e. The fraction of sp³-hybridized carbons (Fsp3) is 0.400. The Morgan fingerprint density at radius 2 is 2.21 bits per heavy atom. The van der Waals surface area contributed by atoms with Crippen molar-refractivity contribution in [1.29, 1.82) is 0 Å². The fourth-order valence-corrected chi connectivity index (χ4v) is 3.72. The van der Waals surface area contributed by atoms with E-state index in [2.05, 4.69) is 4.98 Å². The summed E-state index contributed by atoms with van der Waals surface area (Å²) >= 11 is 6.41. The van der Waals surface area contributed by atoms with Gasteiger partial charge in [-0.25, -0.2) is 9.78 Å². The van der Waals surface area contributed by atoms with E-state index in [9.17, 15) is 9.90 Å². The second kappa shape index (κ2) is 8.34. The maximum absolute atomic E-state index is 11.6. The van der Waals surface area contributed by atoms with Crippen molar-refractivity contribution in [2.45, 2.75) is 31.6 Å². The monoisotopic (exact) mass is 404 g/mol. The van der Waals surface area contributed by atoms with Gasteiger partial charge < -0.3 is 24.2 Å². The summed E-state index contributed by atoms with van der Waals surface area (Å²) < 4.78 is 17.5. The normalized spacial score (nSPS) is 21.7. The molecule has 0 bridgehead atoms. The smallest absolute Gasteiger partial charge is 0.339 e. The van der Waals surface area contributed by atoms with Crippen molar-refractivity contribution in [2.24, 2.45) is 0 Å². The predicted octanol–water partition coefficient (Wildman–Crippen LogP) is 3.88. The van der Waals surface area contributed by atoms with Crippen LogP contribution in [0, 0.1) is 0 Å². The van der Waals surface area contributed by atoms with E-state index in [1.54, 1.807) is 30.5 Å². The molecule has 148 valence electrons. The van der Waals surface area contributed by atoms with Crippen LogP contribution in [-0.4, -0.2) is 48.2 Å². The largest absolute Gasteiger partial charge is 0.488 e. The van der Waals surface area contributed by atoms with E-state index in [0.717, 1.165) is 19.3 Å². The Bertz CT molecular complexity index is 856. The number of pyridine rings is 1. The number of aromatic nitrogens is 1. The molecule has 1 fully saturated rings. The Morgan fingerprint density at radius 3 is 2.96 bits per heavy atom. The van der Waals surface area contributed by atoms with Crippen molar-refractivity contribution < 1.29 is 24.1 Å². The van der Waals surface area contributed by atoms with Gasteiger partial charge in [0.2, 0.25) is 0 Å². The molecule has 0 amide bonds. The number of aromatic carboxylic acids is 1. The Kier molecular flexibility index (Phi) is 5.66. The summed E-state index contributed by atoms with van der Waals surface area (Å²) in [6, 6.07) is 8.28. The van der Waals surface area contributed by atoms with Crippen LogP contribution in [0.2, 0.25) is 5.02 Å². The van der Waals surface area contributed by atoms with Gasteiger partial charge in [-0.15, -0.1) is 0 Å². The number of anilines is 2. The second-order valence-electron chi connectivity index (χ2n) is 6.73. The van der Waals surface area contributed by atoms with E-state index in [4.69, 9.17) is 25.8 Å². The molecule has 2 atom stereocenters. The van der Waals surface area contributed by atoms with Crippen LogP contribution in [0.4, 0.5) is 11.5 Å². The summed E-state index contributed by atoms with van der Waals surface area (Å²) in [5.41, 5.74) is 0.703. The Hall–Kier alpha value is -2.35. The molecule has 2 aliphatic rings. The quantitative estimate of drug-likeness (QED) is 0.809. The lowest BCUT2D eigenvalue weighted by Crippen LogP contribution is -2.45. The zero-order valence-electron chi connectivity index (χ0n) is 15.2. The third kappa shape index (κ3) is 3.78. The molecule has 28 heavy (non-hydrogen) atoms. The van der Waals surface area contributed by atoms with Crippen LogP contribution in [0.25, 0.3) is 0 Å². The Morgan fingerprint density at radius 1 is 1.32 bits per heavy atom. The Balaban J connectivity index is 1.68. The van der Waals surface area contributed by atoms with E-state index in [-0.39, 0.29) is 24.5 Å². The van der Waals surface area contributed by atoms with E-state index in [0.29, 0.717) is 35.5 Å². The molecule has 2 aromatic rings. The molecule has 8 heteroatoms. The first kappa shape index (κ1) is 19.0. The van der Waals surface area contributed by atoms with Crippen LogP contribution >= 0.6 is 11.6 Å². The number of para-hydroxylation sites is 1. The number of rotatable bonds is 5. The van der Waals surface area contributed by atoms with Gasteiger partial charge in [0, 0.05) is 12.8 Å². The summed E-state index contributed by atoms with van der Waals surface area (Å²) in [6.07, 6.45) is 4.40.